The monoisotopic (exact) mass is 552 g/mol. The maximum absolute atomic E-state index is 13.3. The number of benzene rings is 3. The zero-order valence-electron chi connectivity index (χ0n) is 23.0. The van der Waals surface area contributed by atoms with Crippen LogP contribution in [0.1, 0.15) is 40.9 Å². The standard InChI is InChI=1S/C32H32N4O5/c1-19-16-35(17-20(2)41-19)18-28(37)36-13-12-22-14-24(9-11-27(22)36)33-30(21-6-4-3-5-7-21)29-25-10-8-23(32(39)40)15-26(25)34-31(29)38/h3-11,14-15,19-20,33H,12-13,16-18H2,1-2H3,(H,34,38)(H,39,40)/b30-29-. The lowest BCUT2D eigenvalue weighted by atomic mass is 9.99. The van der Waals surface area contributed by atoms with Gasteiger partial charge in [-0.1, -0.05) is 36.4 Å². The normalized spacial score (nSPS) is 21.2. The number of hydrogen-bond acceptors (Lipinski definition) is 6. The molecular weight excluding hydrogens is 520 g/mol. The summed E-state index contributed by atoms with van der Waals surface area (Å²) in [7, 11) is 0. The van der Waals surface area contributed by atoms with E-state index in [1.165, 1.54) is 12.1 Å². The van der Waals surface area contributed by atoms with Gasteiger partial charge in [-0.25, -0.2) is 4.79 Å². The molecule has 3 aromatic carbocycles. The smallest absolute Gasteiger partial charge is 0.335 e. The van der Waals surface area contributed by atoms with E-state index in [0.717, 1.165) is 42.0 Å². The number of carboxylic acid groups (broad SMARTS) is 1. The molecule has 0 aromatic heterocycles. The highest BCUT2D eigenvalue weighted by molar-refractivity contribution is 6.37. The van der Waals surface area contributed by atoms with Gasteiger partial charge < -0.3 is 25.4 Å². The van der Waals surface area contributed by atoms with Crippen LogP contribution in [0.2, 0.25) is 0 Å². The number of fused-ring (bicyclic) bond motifs is 2. The van der Waals surface area contributed by atoms with Gasteiger partial charge in [0, 0.05) is 36.6 Å². The van der Waals surface area contributed by atoms with E-state index in [1.807, 2.05) is 67.3 Å². The Morgan fingerprint density at radius 3 is 2.49 bits per heavy atom. The number of nitrogens with one attached hydrogen (secondary N) is 2. The molecule has 3 aliphatic heterocycles. The first kappa shape index (κ1) is 26.7. The minimum atomic E-state index is -1.05. The molecule has 9 heteroatoms. The van der Waals surface area contributed by atoms with Gasteiger partial charge in [0.25, 0.3) is 5.91 Å². The van der Waals surface area contributed by atoms with Gasteiger partial charge in [-0.05, 0) is 61.7 Å². The second-order valence-corrected chi connectivity index (χ2v) is 10.9. The molecular formula is C32H32N4O5. The lowest BCUT2D eigenvalue weighted by molar-refractivity contribution is -0.123. The minimum absolute atomic E-state index is 0.0813. The number of carboxylic acids is 1. The SMILES string of the molecule is CC1CN(CC(=O)N2CCc3cc(N/C(=C4\C(=O)Nc5cc(C(=O)O)ccc54)c4ccccc4)ccc32)CC(C)O1. The third-order valence-electron chi connectivity index (χ3n) is 7.72. The van der Waals surface area contributed by atoms with E-state index in [9.17, 15) is 19.5 Å². The van der Waals surface area contributed by atoms with Gasteiger partial charge in [-0.15, -0.1) is 0 Å². The van der Waals surface area contributed by atoms with Gasteiger partial charge in [-0.2, -0.15) is 0 Å². The molecule has 0 spiro atoms. The molecule has 0 aliphatic carbocycles. The van der Waals surface area contributed by atoms with E-state index in [2.05, 4.69) is 15.5 Å². The minimum Gasteiger partial charge on any atom is -0.478 e. The first-order valence-electron chi connectivity index (χ1n) is 13.8. The molecule has 1 saturated heterocycles. The van der Waals surface area contributed by atoms with Crippen LogP contribution in [0.25, 0.3) is 11.3 Å². The number of carbonyl (C=O) groups excluding carboxylic acids is 2. The maximum Gasteiger partial charge on any atom is 0.335 e. The number of rotatable bonds is 6. The summed E-state index contributed by atoms with van der Waals surface area (Å²) < 4.78 is 5.81. The van der Waals surface area contributed by atoms with Crippen LogP contribution >= 0.6 is 0 Å². The zero-order valence-corrected chi connectivity index (χ0v) is 23.0. The van der Waals surface area contributed by atoms with Crippen LogP contribution < -0.4 is 15.5 Å². The van der Waals surface area contributed by atoms with Crippen LogP contribution in [-0.4, -0.2) is 66.2 Å². The first-order valence-corrected chi connectivity index (χ1v) is 13.8. The van der Waals surface area contributed by atoms with Crippen molar-refractivity contribution >= 4 is 46.1 Å². The summed E-state index contributed by atoms with van der Waals surface area (Å²) in [6.07, 6.45) is 0.949. The Morgan fingerprint density at radius 1 is 1.00 bits per heavy atom. The van der Waals surface area contributed by atoms with Crippen molar-refractivity contribution in [2.24, 2.45) is 0 Å². The number of nitrogens with zero attached hydrogens (tertiary/aromatic N) is 2. The number of anilines is 3. The Kier molecular flexibility index (Phi) is 7.07. The maximum atomic E-state index is 13.3. The lowest BCUT2D eigenvalue weighted by Gasteiger charge is -2.35. The summed E-state index contributed by atoms with van der Waals surface area (Å²) in [4.78, 5) is 42.0. The molecule has 210 valence electrons. The molecule has 2 atom stereocenters. The van der Waals surface area contributed by atoms with Gasteiger partial charge in [-0.3, -0.25) is 14.5 Å². The van der Waals surface area contributed by atoms with Crippen LogP contribution in [0.5, 0.6) is 0 Å². The third-order valence-corrected chi connectivity index (χ3v) is 7.72. The van der Waals surface area contributed by atoms with Crippen LogP contribution in [0.3, 0.4) is 0 Å². The van der Waals surface area contributed by atoms with Crippen molar-refractivity contribution in [3.8, 4) is 0 Å². The molecule has 41 heavy (non-hydrogen) atoms. The molecule has 9 nitrogen and oxygen atoms in total. The van der Waals surface area contributed by atoms with E-state index in [1.54, 1.807) is 6.07 Å². The van der Waals surface area contributed by atoms with E-state index in [4.69, 9.17) is 4.74 Å². The van der Waals surface area contributed by atoms with E-state index in [0.29, 0.717) is 35.6 Å². The van der Waals surface area contributed by atoms with Crippen LogP contribution in [0.15, 0.2) is 66.7 Å². The number of ether oxygens (including phenoxy) is 1. The predicted molar refractivity (Wildman–Crippen MR) is 158 cm³/mol. The van der Waals surface area contributed by atoms with Crippen molar-refractivity contribution in [1.82, 2.24) is 4.90 Å². The highest BCUT2D eigenvalue weighted by Crippen LogP contribution is 2.39. The molecule has 0 saturated carbocycles. The number of carbonyl (C=O) groups is 3. The Morgan fingerprint density at radius 2 is 1.76 bits per heavy atom. The van der Waals surface area contributed by atoms with E-state index < -0.39 is 5.97 Å². The van der Waals surface area contributed by atoms with E-state index in [-0.39, 0.29) is 29.6 Å². The summed E-state index contributed by atoms with van der Waals surface area (Å²) in [5.41, 5.74) is 5.85. The number of aromatic carboxylic acids is 1. The van der Waals surface area contributed by atoms with Gasteiger partial charge in [0.2, 0.25) is 5.91 Å². The fraction of sp³-hybridized carbons (Fsp3) is 0.281. The van der Waals surface area contributed by atoms with Gasteiger partial charge in [0.05, 0.1) is 41.3 Å². The van der Waals surface area contributed by atoms with Crippen LogP contribution in [0.4, 0.5) is 17.1 Å². The summed E-state index contributed by atoms with van der Waals surface area (Å²) in [6.45, 7) is 6.54. The Bertz CT molecular complexity index is 1560. The van der Waals surface area contributed by atoms with Crippen LogP contribution in [-0.2, 0) is 20.7 Å². The average Bonchev–Trinajstić information content (AvgIpc) is 3.51. The summed E-state index contributed by atoms with van der Waals surface area (Å²) in [5, 5.41) is 15.7. The van der Waals surface area contributed by atoms with Gasteiger partial charge in [0.1, 0.15) is 0 Å². The molecule has 3 N–H and O–H groups in total. The Balaban J connectivity index is 1.29. The van der Waals surface area contributed by atoms with Crippen molar-refractivity contribution in [2.75, 3.05) is 41.7 Å². The van der Waals surface area contributed by atoms with Crippen LogP contribution in [0, 0.1) is 0 Å². The summed E-state index contributed by atoms with van der Waals surface area (Å²) >= 11 is 0. The van der Waals surface area contributed by atoms with Crippen molar-refractivity contribution in [2.45, 2.75) is 32.5 Å². The van der Waals surface area contributed by atoms with Gasteiger partial charge in [0.15, 0.2) is 0 Å². The molecule has 0 bridgehead atoms. The highest BCUT2D eigenvalue weighted by Gasteiger charge is 2.31. The molecule has 3 aliphatic rings. The molecule has 1 fully saturated rings. The van der Waals surface area contributed by atoms with E-state index >= 15 is 0 Å². The first-order chi connectivity index (χ1) is 19.8. The molecule has 3 heterocycles. The summed E-state index contributed by atoms with van der Waals surface area (Å²) in [5.74, 6) is -1.28. The second-order valence-electron chi connectivity index (χ2n) is 10.9. The molecule has 2 unspecified atom stereocenters. The molecule has 6 rings (SSSR count). The fourth-order valence-electron chi connectivity index (χ4n) is 6.01. The zero-order chi connectivity index (χ0) is 28.7. The third kappa shape index (κ3) is 5.33. The Hall–Kier alpha value is -4.47. The Labute approximate surface area is 238 Å². The molecule has 3 aromatic rings. The van der Waals surface area contributed by atoms with Crippen molar-refractivity contribution in [1.29, 1.82) is 0 Å². The van der Waals surface area contributed by atoms with Gasteiger partial charge >= 0.3 is 5.97 Å². The van der Waals surface area contributed by atoms with Crippen molar-refractivity contribution in [3.05, 3.63) is 89.0 Å². The fourth-order valence-corrected chi connectivity index (χ4v) is 6.01. The van der Waals surface area contributed by atoms with Crippen molar-refractivity contribution < 1.29 is 24.2 Å². The number of amides is 2. The number of morpholine rings is 1. The largest absolute Gasteiger partial charge is 0.478 e. The highest BCUT2D eigenvalue weighted by atomic mass is 16.5. The summed E-state index contributed by atoms with van der Waals surface area (Å²) in [6, 6.07) is 20.1. The lowest BCUT2D eigenvalue weighted by Crippen LogP contribution is -2.49. The van der Waals surface area contributed by atoms with Crippen molar-refractivity contribution in [3.63, 3.8) is 0 Å². The topological polar surface area (TPSA) is 111 Å². The predicted octanol–water partition coefficient (Wildman–Crippen LogP) is 4.32. The second kappa shape index (κ2) is 10.8. The number of hydrogen-bond donors (Lipinski definition) is 3. The molecule has 2 amide bonds. The average molecular weight is 553 g/mol. The molecule has 0 radical (unpaired) electrons. The quantitative estimate of drug-likeness (QED) is 0.391.